The monoisotopic (exact) mass is 266 g/mol. The van der Waals surface area contributed by atoms with Gasteiger partial charge in [-0.15, -0.1) is 0 Å². The molecule has 0 bridgehead atoms. The van der Waals surface area contributed by atoms with Crippen molar-refractivity contribution in [2.45, 2.75) is 39.7 Å². The number of rotatable bonds is 7. The Labute approximate surface area is 116 Å². The quantitative estimate of drug-likeness (QED) is 0.789. The third-order valence-corrected chi connectivity index (χ3v) is 3.36. The molecule has 1 unspecified atom stereocenters. The summed E-state index contributed by atoms with van der Waals surface area (Å²) in [7, 11) is 5.65. The molecule has 0 radical (unpaired) electrons. The Balaban J connectivity index is 2.90. The molecule has 0 aliphatic rings. The van der Waals surface area contributed by atoms with Crippen LogP contribution in [0, 0.1) is 5.92 Å². The summed E-state index contributed by atoms with van der Waals surface area (Å²) in [4.78, 5) is 14.9. The fourth-order valence-corrected chi connectivity index (χ4v) is 2.06. The molecule has 1 aromatic rings. The lowest BCUT2D eigenvalue weighted by Crippen LogP contribution is -2.27. The van der Waals surface area contributed by atoms with Crippen molar-refractivity contribution < 1.29 is 0 Å². The van der Waals surface area contributed by atoms with Crippen molar-refractivity contribution in [2.24, 2.45) is 5.92 Å². The van der Waals surface area contributed by atoms with Crippen LogP contribution in [-0.4, -0.2) is 42.1 Å². The molecule has 1 heterocycles. The molecule has 0 spiro atoms. The fourth-order valence-electron chi connectivity index (χ4n) is 2.06. The number of aromatic nitrogens is 3. The van der Waals surface area contributed by atoms with Gasteiger partial charge < -0.3 is 15.5 Å². The molecule has 6 heteroatoms. The molecule has 6 nitrogen and oxygen atoms in total. The maximum absolute atomic E-state index is 4.42. The van der Waals surface area contributed by atoms with Crippen LogP contribution in [0.2, 0.25) is 0 Å². The highest BCUT2D eigenvalue weighted by Gasteiger charge is 2.15. The van der Waals surface area contributed by atoms with Crippen molar-refractivity contribution in [3.63, 3.8) is 0 Å². The molecule has 0 saturated heterocycles. The Morgan fingerprint density at radius 3 is 2.11 bits per heavy atom. The minimum atomic E-state index is 0.345. The van der Waals surface area contributed by atoms with E-state index in [0.717, 1.165) is 12.8 Å². The first kappa shape index (κ1) is 15.5. The van der Waals surface area contributed by atoms with E-state index in [9.17, 15) is 0 Å². The highest BCUT2D eigenvalue weighted by molar-refractivity contribution is 5.43. The average molecular weight is 266 g/mol. The van der Waals surface area contributed by atoms with Crippen LogP contribution < -0.4 is 15.5 Å². The van der Waals surface area contributed by atoms with Gasteiger partial charge in [-0.05, 0) is 12.8 Å². The van der Waals surface area contributed by atoms with Crippen molar-refractivity contribution in [1.82, 2.24) is 15.0 Å². The second-order valence-corrected chi connectivity index (χ2v) is 4.94. The van der Waals surface area contributed by atoms with Gasteiger partial charge in [0.25, 0.3) is 0 Å². The van der Waals surface area contributed by atoms with E-state index in [1.165, 1.54) is 0 Å². The first-order valence-electron chi connectivity index (χ1n) is 6.89. The number of nitrogens with one attached hydrogen (secondary N) is 2. The molecular formula is C13H26N6. The molecule has 0 saturated carbocycles. The maximum Gasteiger partial charge on any atom is 0.231 e. The van der Waals surface area contributed by atoms with Gasteiger partial charge in [0.2, 0.25) is 17.8 Å². The lowest BCUT2D eigenvalue weighted by Gasteiger charge is -2.23. The summed E-state index contributed by atoms with van der Waals surface area (Å²) >= 11 is 0. The molecule has 1 rings (SSSR count). The fraction of sp³-hybridized carbons (Fsp3) is 0.769. The minimum Gasteiger partial charge on any atom is -0.357 e. The Morgan fingerprint density at radius 1 is 1.05 bits per heavy atom. The van der Waals surface area contributed by atoms with Gasteiger partial charge in [0.15, 0.2) is 0 Å². The van der Waals surface area contributed by atoms with Crippen LogP contribution in [0.3, 0.4) is 0 Å². The number of hydrogen-bond acceptors (Lipinski definition) is 6. The summed E-state index contributed by atoms with van der Waals surface area (Å²) in [5, 5.41) is 6.35. The van der Waals surface area contributed by atoms with Gasteiger partial charge in [-0.2, -0.15) is 15.0 Å². The van der Waals surface area contributed by atoms with Crippen LogP contribution in [0.1, 0.15) is 33.6 Å². The molecule has 0 aliphatic heterocycles. The maximum atomic E-state index is 4.42. The Morgan fingerprint density at radius 2 is 1.63 bits per heavy atom. The van der Waals surface area contributed by atoms with Gasteiger partial charge in [-0.3, -0.25) is 0 Å². The summed E-state index contributed by atoms with van der Waals surface area (Å²) in [5.41, 5.74) is 0. The van der Waals surface area contributed by atoms with E-state index in [0.29, 0.717) is 29.8 Å². The zero-order valence-electron chi connectivity index (χ0n) is 12.9. The molecule has 0 amide bonds. The van der Waals surface area contributed by atoms with Crippen LogP contribution in [-0.2, 0) is 0 Å². The van der Waals surface area contributed by atoms with E-state index in [1.807, 2.05) is 26.0 Å². The molecule has 2 N–H and O–H groups in total. The van der Waals surface area contributed by atoms with Crippen LogP contribution >= 0.6 is 0 Å². The van der Waals surface area contributed by atoms with Crippen molar-refractivity contribution >= 4 is 17.8 Å². The van der Waals surface area contributed by atoms with Gasteiger partial charge in [-0.1, -0.05) is 26.7 Å². The normalized spacial score (nSPS) is 12.4. The zero-order valence-corrected chi connectivity index (χ0v) is 12.9. The van der Waals surface area contributed by atoms with Gasteiger partial charge in [-0.25, -0.2) is 0 Å². The average Bonchev–Trinajstić information content (AvgIpc) is 2.39. The topological polar surface area (TPSA) is 66.0 Å². The van der Waals surface area contributed by atoms with Gasteiger partial charge >= 0.3 is 0 Å². The summed E-state index contributed by atoms with van der Waals surface area (Å²) in [6, 6.07) is 0.345. The van der Waals surface area contributed by atoms with E-state index in [4.69, 9.17) is 0 Å². The third-order valence-electron chi connectivity index (χ3n) is 3.36. The molecule has 19 heavy (non-hydrogen) atoms. The Hall–Kier alpha value is -1.59. The van der Waals surface area contributed by atoms with Crippen molar-refractivity contribution in [2.75, 3.05) is 36.7 Å². The number of anilines is 3. The van der Waals surface area contributed by atoms with E-state index in [-0.39, 0.29) is 0 Å². The van der Waals surface area contributed by atoms with Gasteiger partial charge in [0.1, 0.15) is 0 Å². The SMILES string of the molecule is CCC(CC)C(C)Nc1nc(NC)nc(N(C)C)n1. The molecule has 0 fully saturated rings. The molecule has 0 aromatic carbocycles. The van der Waals surface area contributed by atoms with Gasteiger partial charge in [0.05, 0.1) is 0 Å². The zero-order chi connectivity index (χ0) is 14.4. The van der Waals surface area contributed by atoms with Crippen LogP contribution in [0.5, 0.6) is 0 Å². The van der Waals surface area contributed by atoms with E-state index < -0.39 is 0 Å². The highest BCUT2D eigenvalue weighted by atomic mass is 15.3. The van der Waals surface area contributed by atoms with Crippen molar-refractivity contribution in [3.8, 4) is 0 Å². The predicted octanol–water partition coefficient (Wildman–Crippen LogP) is 2.22. The lowest BCUT2D eigenvalue weighted by atomic mass is 9.96. The van der Waals surface area contributed by atoms with E-state index in [2.05, 4.69) is 46.4 Å². The molecule has 0 aliphatic carbocycles. The molecule has 108 valence electrons. The van der Waals surface area contributed by atoms with Crippen LogP contribution in [0.4, 0.5) is 17.8 Å². The second kappa shape index (κ2) is 7.11. The van der Waals surface area contributed by atoms with E-state index >= 15 is 0 Å². The predicted molar refractivity (Wildman–Crippen MR) is 80.9 cm³/mol. The van der Waals surface area contributed by atoms with E-state index in [1.54, 1.807) is 0 Å². The number of hydrogen-bond donors (Lipinski definition) is 2. The van der Waals surface area contributed by atoms with Gasteiger partial charge in [0, 0.05) is 27.2 Å². The minimum absolute atomic E-state index is 0.345. The summed E-state index contributed by atoms with van der Waals surface area (Å²) in [6.45, 7) is 6.60. The Bertz CT molecular complexity index is 389. The van der Waals surface area contributed by atoms with Crippen LogP contribution in [0.15, 0.2) is 0 Å². The lowest BCUT2D eigenvalue weighted by molar-refractivity contribution is 0.436. The highest BCUT2D eigenvalue weighted by Crippen LogP contribution is 2.18. The molecule has 1 atom stereocenters. The summed E-state index contributed by atoms with van der Waals surface area (Å²) in [6.07, 6.45) is 2.30. The first-order valence-corrected chi connectivity index (χ1v) is 6.89. The first-order chi connectivity index (χ1) is 9.01. The van der Waals surface area contributed by atoms with Crippen molar-refractivity contribution in [3.05, 3.63) is 0 Å². The second-order valence-electron chi connectivity index (χ2n) is 4.94. The van der Waals surface area contributed by atoms with Crippen molar-refractivity contribution in [1.29, 1.82) is 0 Å². The number of nitrogens with zero attached hydrogens (tertiary/aromatic N) is 4. The molecular weight excluding hydrogens is 240 g/mol. The standard InChI is InChI=1S/C13H26N6/c1-7-10(8-2)9(3)15-12-16-11(14-4)17-13(18-12)19(5)6/h9-10H,7-8H2,1-6H3,(H2,14,15,16,17,18). The van der Waals surface area contributed by atoms with Crippen LogP contribution in [0.25, 0.3) is 0 Å². The Kier molecular flexibility index (Phi) is 5.79. The summed E-state index contributed by atoms with van der Waals surface area (Å²) in [5.74, 6) is 2.48. The largest absolute Gasteiger partial charge is 0.357 e. The smallest absolute Gasteiger partial charge is 0.231 e. The molecule has 1 aromatic heterocycles. The summed E-state index contributed by atoms with van der Waals surface area (Å²) < 4.78 is 0. The third kappa shape index (κ3) is 4.22.